The molecule has 3 aromatic rings. The van der Waals surface area contributed by atoms with Crippen molar-refractivity contribution in [2.24, 2.45) is 5.92 Å². The van der Waals surface area contributed by atoms with E-state index in [-0.39, 0.29) is 17.7 Å². The first-order valence-corrected chi connectivity index (χ1v) is 8.92. The van der Waals surface area contributed by atoms with Crippen LogP contribution in [0.2, 0.25) is 0 Å². The molecule has 1 N–H and O–H groups in total. The van der Waals surface area contributed by atoms with Crippen LogP contribution in [0.4, 0.5) is 5.82 Å². The second-order valence-corrected chi connectivity index (χ2v) is 6.55. The van der Waals surface area contributed by atoms with E-state index in [0.29, 0.717) is 30.0 Å². The summed E-state index contributed by atoms with van der Waals surface area (Å²) in [5, 5.41) is 2.83. The van der Waals surface area contributed by atoms with Crippen molar-refractivity contribution in [3.63, 3.8) is 0 Å². The number of hydrogen-bond donors (Lipinski definition) is 1. The summed E-state index contributed by atoms with van der Waals surface area (Å²) in [6.07, 6.45) is 6.41. The molecule has 27 heavy (non-hydrogen) atoms. The Hall–Kier alpha value is -3.35. The van der Waals surface area contributed by atoms with Crippen LogP contribution < -0.4 is 5.32 Å². The molecule has 0 spiro atoms. The van der Waals surface area contributed by atoms with Gasteiger partial charge in [0.05, 0.1) is 17.0 Å². The van der Waals surface area contributed by atoms with Gasteiger partial charge in [0.25, 0.3) is 5.91 Å². The first-order valence-electron chi connectivity index (χ1n) is 8.92. The zero-order valence-corrected chi connectivity index (χ0v) is 14.7. The van der Waals surface area contributed by atoms with Crippen LogP contribution in [0.1, 0.15) is 23.2 Å². The fourth-order valence-electron chi connectivity index (χ4n) is 3.32. The van der Waals surface area contributed by atoms with Gasteiger partial charge in [-0.1, -0.05) is 6.07 Å². The Morgan fingerprint density at radius 2 is 1.85 bits per heavy atom. The molecule has 0 bridgehead atoms. The number of piperidine rings is 1. The minimum atomic E-state index is -0.245. The predicted molar refractivity (Wildman–Crippen MR) is 101 cm³/mol. The number of aromatic nitrogens is 3. The van der Waals surface area contributed by atoms with Gasteiger partial charge in [-0.15, -0.1) is 0 Å². The molecule has 1 saturated heterocycles. The van der Waals surface area contributed by atoms with Crippen molar-refractivity contribution < 1.29 is 9.59 Å². The van der Waals surface area contributed by atoms with Crippen molar-refractivity contribution in [1.82, 2.24) is 19.9 Å². The summed E-state index contributed by atoms with van der Waals surface area (Å²) in [6, 6.07) is 10.7. The second-order valence-electron chi connectivity index (χ2n) is 6.55. The molecule has 7 nitrogen and oxygen atoms in total. The summed E-state index contributed by atoms with van der Waals surface area (Å²) in [6.45, 7) is 1.04. The molecule has 1 fully saturated rings. The van der Waals surface area contributed by atoms with Gasteiger partial charge in [-0.3, -0.25) is 19.6 Å². The maximum Gasteiger partial charge on any atom is 0.253 e. The van der Waals surface area contributed by atoms with Crippen molar-refractivity contribution in [2.75, 3.05) is 18.4 Å². The molecule has 0 aliphatic carbocycles. The summed E-state index contributed by atoms with van der Waals surface area (Å²) in [5.41, 5.74) is 2.00. The van der Waals surface area contributed by atoms with Crippen LogP contribution in [0.5, 0.6) is 0 Å². The standard InChI is InChI=1S/C20H19N5O2/c26-19(24-18-5-1-2-8-23-18)15-4-3-11-25(13-15)20(27)14-6-7-16-17(12-14)22-10-9-21-16/h1-2,5-10,12,15H,3-4,11,13H2,(H,23,24,26). The van der Waals surface area contributed by atoms with E-state index >= 15 is 0 Å². The van der Waals surface area contributed by atoms with Gasteiger partial charge in [-0.2, -0.15) is 0 Å². The van der Waals surface area contributed by atoms with E-state index in [2.05, 4.69) is 20.3 Å². The fourth-order valence-corrected chi connectivity index (χ4v) is 3.32. The Kier molecular flexibility index (Phi) is 4.74. The molecule has 1 aromatic carbocycles. The largest absolute Gasteiger partial charge is 0.338 e. The highest BCUT2D eigenvalue weighted by Crippen LogP contribution is 2.21. The summed E-state index contributed by atoms with van der Waals surface area (Å²) in [5.74, 6) is 0.0949. The molecule has 0 saturated carbocycles. The van der Waals surface area contributed by atoms with Gasteiger partial charge in [0.2, 0.25) is 5.91 Å². The molecule has 1 unspecified atom stereocenters. The van der Waals surface area contributed by atoms with E-state index in [4.69, 9.17) is 0 Å². The molecule has 1 aliphatic heterocycles. The van der Waals surface area contributed by atoms with Crippen molar-refractivity contribution in [3.05, 3.63) is 60.6 Å². The third-order valence-corrected chi connectivity index (χ3v) is 4.71. The predicted octanol–water partition coefficient (Wildman–Crippen LogP) is 2.52. The van der Waals surface area contributed by atoms with Gasteiger partial charge in [-0.25, -0.2) is 4.98 Å². The van der Waals surface area contributed by atoms with Gasteiger partial charge in [0.1, 0.15) is 5.82 Å². The number of fused-ring (bicyclic) bond motifs is 1. The van der Waals surface area contributed by atoms with Crippen molar-refractivity contribution in [3.8, 4) is 0 Å². The molecule has 1 aliphatic rings. The molecule has 136 valence electrons. The highest BCUT2D eigenvalue weighted by molar-refractivity contribution is 5.98. The first-order chi connectivity index (χ1) is 13.2. The molecule has 0 radical (unpaired) electrons. The zero-order valence-electron chi connectivity index (χ0n) is 14.7. The monoisotopic (exact) mass is 361 g/mol. The number of nitrogens with zero attached hydrogens (tertiary/aromatic N) is 4. The number of pyridine rings is 1. The quantitative estimate of drug-likeness (QED) is 0.774. The molecule has 2 amide bonds. The van der Waals surface area contributed by atoms with E-state index in [0.717, 1.165) is 18.4 Å². The van der Waals surface area contributed by atoms with Crippen LogP contribution in [-0.4, -0.2) is 44.8 Å². The summed E-state index contributed by atoms with van der Waals surface area (Å²) in [7, 11) is 0. The van der Waals surface area contributed by atoms with Crippen LogP contribution in [0.15, 0.2) is 55.0 Å². The average molecular weight is 361 g/mol. The van der Waals surface area contributed by atoms with Gasteiger partial charge in [0.15, 0.2) is 0 Å². The first kappa shape index (κ1) is 17.1. The Morgan fingerprint density at radius 3 is 2.67 bits per heavy atom. The van der Waals surface area contributed by atoms with Crippen molar-refractivity contribution in [2.45, 2.75) is 12.8 Å². The topological polar surface area (TPSA) is 88.1 Å². The minimum Gasteiger partial charge on any atom is -0.338 e. The lowest BCUT2D eigenvalue weighted by molar-refractivity contribution is -0.121. The Labute approximate surface area is 156 Å². The number of nitrogens with one attached hydrogen (secondary N) is 1. The van der Waals surface area contributed by atoms with Crippen LogP contribution >= 0.6 is 0 Å². The average Bonchev–Trinajstić information content (AvgIpc) is 2.73. The molecular weight excluding hydrogens is 342 g/mol. The van der Waals surface area contributed by atoms with E-state index in [1.54, 1.807) is 53.8 Å². The molecule has 3 heterocycles. The number of benzene rings is 1. The highest BCUT2D eigenvalue weighted by Gasteiger charge is 2.29. The number of carbonyl (C=O) groups is 2. The lowest BCUT2D eigenvalue weighted by atomic mass is 9.96. The SMILES string of the molecule is O=C(Nc1ccccn1)C1CCCN(C(=O)c2ccc3nccnc3c2)C1. The van der Waals surface area contributed by atoms with Crippen LogP contribution in [0, 0.1) is 5.92 Å². The summed E-state index contributed by atoms with van der Waals surface area (Å²) >= 11 is 0. The highest BCUT2D eigenvalue weighted by atomic mass is 16.2. The van der Waals surface area contributed by atoms with E-state index in [9.17, 15) is 9.59 Å². The van der Waals surface area contributed by atoms with E-state index in [1.807, 2.05) is 6.07 Å². The van der Waals surface area contributed by atoms with Crippen molar-refractivity contribution >= 4 is 28.7 Å². The van der Waals surface area contributed by atoms with Crippen LogP contribution in [0.25, 0.3) is 11.0 Å². The number of amides is 2. The van der Waals surface area contributed by atoms with Gasteiger partial charge in [0, 0.05) is 37.2 Å². The molecule has 2 aromatic heterocycles. The zero-order chi connectivity index (χ0) is 18.6. The second kappa shape index (κ2) is 7.49. The number of likely N-dealkylation sites (tertiary alicyclic amines) is 1. The fraction of sp³-hybridized carbons (Fsp3) is 0.250. The Balaban J connectivity index is 1.46. The molecular formula is C20H19N5O2. The number of anilines is 1. The normalized spacial score (nSPS) is 16.9. The lowest BCUT2D eigenvalue weighted by Crippen LogP contribution is -2.43. The summed E-state index contributed by atoms with van der Waals surface area (Å²) < 4.78 is 0. The van der Waals surface area contributed by atoms with Gasteiger partial charge in [-0.05, 0) is 43.2 Å². The van der Waals surface area contributed by atoms with Gasteiger partial charge >= 0.3 is 0 Å². The Bertz CT molecular complexity index is 976. The summed E-state index contributed by atoms with van der Waals surface area (Å²) in [4.78, 5) is 39.8. The third-order valence-electron chi connectivity index (χ3n) is 4.71. The number of rotatable bonds is 3. The van der Waals surface area contributed by atoms with Gasteiger partial charge < -0.3 is 10.2 Å². The molecule has 1 atom stereocenters. The van der Waals surface area contributed by atoms with Crippen molar-refractivity contribution in [1.29, 1.82) is 0 Å². The maximum atomic E-state index is 12.9. The third kappa shape index (κ3) is 3.76. The number of hydrogen-bond acceptors (Lipinski definition) is 5. The Morgan fingerprint density at radius 1 is 1.00 bits per heavy atom. The smallest absolute Gasteiger partial charge is 0.253 e. The number of carbonyl (C=O) groups excluding carboxylic acids is 2. The van der Waals surface area contributed by atoms with Crippen LogP contribution in [0.3, 0.4) is 0 Å². The van der Waals surface area contributed by atoms with E-state index < -0.39 is 0 Å². The molecule has 7 heteroatoms. The van der Waals surface area contributed by atoms with E-state index in [1.165, 1.54) is 0 Å². The van der Waals surface area contributed by atoms with Crippen LogP contribution in [-0.2, 0) is 4.79 Å². The minimum absolute atomic E-state index is 0.0853. The maximum absolute atomic E-state index is 12.9. The molecule has 4 rings (SSSR count). The lowest BCUT2D eigenvalue weighted by Gasteiger charge is -2.32.